The number of hydrogen-bond acceptors (Lipinski definition) is 3. The lowest BCUT2D eigenvalue weighted by molar-refractivity contribution is 0.0758. The molecule has 1 N–H and O–H groups in total. The first-order valence-corrected chi connectivity index (χ1v) is 7.16. The van der Waals surface area contributed by atoms with E-state index in [1.165, 1.54) is 12.8 Å². The van der Waals surface area contributed by atoms with Crippen molar-refractivity contribution in [2.75, 3.05) is 26.4 Å². The highest BCUT2D eigenvalue weighted by Gasteiger charge is 2.00. The number of aliphatic hydroxyl groups excluding tert-OH is 1. The highest BCUT2D eigenvalue weighted by molar-refractivity contribution is 5.38. The van der Waals surface area contributed by atoms with Crippen LogP contribution in [0.15, 0.2) is 24.3 Å². The summed E-state index contributed by atoms with van der Waals surface area (Å²) in [6.07, 6.45) is 2.41. The van der Waals surface area contributed by atoms with E-state index in [1.54, 1.807) is 0 Å². The van der Waals surface area contributed by atoms with E-state index in [0.29, 0.717) is 19.1 Å². The smallest absolute Gasteiger partial charge is 0.119 e. The third-order valence-electron chi connectivity index (χ3n) is 2.85. The van der Waals surface area contributed by atoms with Gasteiger partial charge in [-0.2, -0.15) is 0 Å². The summed E-state index contributed by atoms with van der Waals surface area (Å²) < 4.78 is 11.2. The van der Waals surface area contributed by atoms with Crippen LogP contribution >= 0.6 is 0 Å². The zero-order valence-electron chi connectivity index (χ0n) is 12.4. The SMILES string of the molecule is CCCC(C)COCCOc1ccc(C#CCO)cc1. The van der Waals surface area contributed by atoms with Crippen LogP contribution in [0, 0.1) is 17.8 Å². The molecule has 1 rings (SSSR count). The lowest BCUT2D eigenvalue weighted by Gasteiger charge is -2.11. The zero-order chi connectivity index (χ0) is 14.6. The molecule has 0 saturated carbocycles. The molecule has 0 radical (unpaired) electrons. The summed E-state index contributed by atoms with van der Waals surface area (Å²) in [6.45, 7) is 6.24. The topological polar surface area (TPSA) is 38.7 Å². The Morgan fingerprint density at radius 3 is 2.60 bits per heavy atom. The Morgan fingerprint density at radius 2 is 1.95 bits per heavy atom. The molecule has 1 aromatic carbocycles. The maximum Gasteiger partial charge on any atom is 0.119 e. The normalized spacial score (nSPS) is 11.6. The van der Waals surface area contributed by atoms with Crippen molar-refractivity contribution >= 4 is 0 Å². The monoisotopic (exact) mass is 276 g/mol. The van der Waals surface area contributed by atoms with Gasteiger partial charge in [0.25, 0.3) is 0 Å². The van der Waals surface area contributed by atoms with Crippen molar-refractivity contribution in [2.24, 2.45) is 5.92 Å². The molecule has 0 aromatic heterocycles. The first-order valence-electron chi connectivity index (χ1n) is 7.16. The molecule has 3 nitrogen and oxygen atoms in total. The molecule has 1 atom stereocenters. The number of benzene rings is 1. The van der Waals surface area contributed by atoms with Crippen LogP contribution < -0.4 is 4.74 Å². The molecule has 1 aromatic rings. The second kappa shape index (κ2) is 10.3. The summed E-state index contributed by atoms with van der Waals surface area (Å²) in [5.41, 5.74) is 0.871. The van der Waals surface area contributed by atoms with Crippen molar-refractivity contribution in [2.45, 2.75) is 26.7 Å². The Morgan fingerprint density at radius 1 is 1.20 bits per heavy atom. The Hall–Kier alpha value is -1.50. The van der Waals surface area contributed by atoms with Gasteiger partial charge in [-0.1, -0.05) is 32.1 Å². The Bertz CT molecular complexity index is 414. The molecular weight excluding hydrogens is 252 g/mol. The van der Waals surface area contributed by atoms with Crippen LogP contribution in [0.4, 0.5) is 0 Å². The van der Waals surface area contributed by atoms with Crippen LogP contribution in [0.3, 0.4) is 0 Å². The molecule has 110 valence electrons. The van der Waals surface area contributed by atoms with E-state index in [0.717, 1.165) is 17.9 Å². The first kappa shape index (κ1) is 16.6. The van der Waals surface area contributed by atoms with Crippen LogP contribution in [-0.4, -0.2) is 31.5 Å². The Kier molecular flexibility index (Phi) is 8.53. The van der Waals surface area contributed by atoms with Gasteiger partial charge in [0.2, 0.25) is 0 Å². The molecule has 0 aliphatic rings. The second-order valence-corrected chi connectivity index (χ2v) is 4.80. The van der Waals surface area contributed by atoms with Crippen LogP contribution in [-0.2, 0) is 4.74 Å². The number of rotatable bonds is 8. The highest BCUT2D eigenvalue weighted by Crippen LogP contribution is 2.11. The van der Waals surface area contributed by atoms with Gasteiger partial charge in [0.15, 0.2) is 0 Å². The minimum absolute atomic E-state index is 0.119. The van der Waals surface area contributed by atoms with E-state index in [4.69, 9.17) is 14.6 Å². The summed E-state index contributed by atoms with van der Waals surface area (Å²) in [7, 11) is 0. The van der Waals surface area contributed by atoms with Crippen LogP contribution in [0.2, 0.25) is 0 Å². The molecule has 0 fully saturated rings. The van der Waals surface area contributed by atoms with Crippen molar-refractivity contribution < 1.29 is 14.6 Å². The van der Waals surface area contributed by atoms with E-state index in [2.05, 4.69) is 25.7 Å². The average molecular weight is 276 g/mol. The van der Waals surface area contributed by atoms with Crippen molar-refractivity contribution in [1.82, 2.24) is 0 Å². The van der Waals surface area contributed by atoms with Crippen LogP contribution in [0.1, 0.15) is 32.3 Å². The quantitative estimate of drug-likeness (QED) is 0.586. The fourth-order valence-corrected chi connectivity index (χ4v) is 1.86. The number of aliphatic hydroxyl groups is 1. The van der Waals surface area contributed by atoms with Crippen molar-refractivity contribution in [3.8, 4) is 17.6 Å². The second-order valence-electron chi connectivity index (χ2n) is 4.80. The summed E-state index contributed by atoms with van der Waals surface area (Å²) in [5.74, 6) is 6.88. The van der Waals surface area contributed by atoms with E-state index in [9.17, 15) is 0 Å². The fraction of sp³-hybridized carbons (Fsp3) is 0.529. The fourth-order valence-electron chi connectivity index (χ4n) is 1.86. The molecule has 3 heteroatoms. The van der Waals surface area contributed by atoms with E-state index >= 15 is 0 Å². The third-order valence-corrected chi connectivity index (χ3v) is 2.85. The van der Waals surface area contributed by atoms with Gasteiger partial charge in [-0.05, 0) is 36.6 Å². The van der Waals surface area contributed by atoms with Crippen LogP contribution in [0.25, 0.3) is 0 Å². The van der Waals surface area contributed by atoms with Gasteiger partial charge >= 0.3 is 0 Å². The van der Waals surface area contributed by atoms with Gasteiger partial charge < -0.3 is 14.6 Å². The molecule has 20 heavy (non-hydrogen) atoms. The molecule has 1 unspecified atom stereocenters. The molecule has 0 amide bonds. The summed E-state index contributed by atoms with van der Waals surface area (Å²) in [5, 5.41) is 8.61. The highest BCUT2D eigenvalue weighted by atomic mass is 16.5. The molecule has 0 aliphatic carbocycles. The van der Waals surface area contributed by atoms with Gasteiger partial charge in [-0.15, -0.1) is 0 Å². The standard InChI is InChI=1S/C17H24O3/c1-3-5-15(2)14-19-12-13-20-17-9-7-16(8-10-17)6-4-11-18/h7-10,15,18H,3,5,11-14H2,1-2H3. The van der Waals surface area contributed by atoms with Crippen LogP contribution in [0.5, 0.6) is 5.75 Å². The minimum atomic E-state index is -0.119. The summed E-state index contributed by atoms with van der Waals surface area (Å²) >= 11 is 0. The van der Waals surface area contributed by atoms with Gasteiger partial charge in [-0.25, -0.2) is 0 Å². The van der Waals surface area contributed by atoms with Crippen molar-refractivity contribution in [1.29, 1.82) is 0 Å². The van der Waals surface area contributed by atoms with Crippen molar-refractivity contribution in [3.05, 3.63) is 29.8 Å². The summed E-state index contributed by atoms with van der Waals surface area (Å²) in [4.78, 5) is 0. The molecule has 0 heterocycles. The zero-order valence-corrected chi connectivity index (χ0v) is 12.4. The maximum absolute atomic E-state index is 8.61. The van der Waals surface area contributed by atoms with Gasteiger partial charge in [0, 0.05) is 12.2 Å². The van der Waals surface area contributed by atoms with Crippen molar-refractivity contribution in [3.63, 3.8) is 0 Å². The Balaban J connectivity index is 2.19. The molecular formula is C17H24O3. The van der Waals surface area contributed by atoms with Gasteiger partial charge in [0.1, 0.15) is 19.0 Å². The lowest BCUT2D eigenvalue weighted by atomic mass is 10.1. The van der Waals surface area contributed by atoms with E-state index in [1.807, 2.05) is 24.3 Å². The number of hydrogen-bond donors (Lipinski definition) is 1. The molecule has 0 bridgehead atoms. The molecule has 0 aliphatic heterocycles. The first-order chi connectivity index (χ1) is 9.76. The molecule has 0 spiro atoms. The third kappa shape index (κ3) is 7.18. The van der Waals surface area contributed by atoms with E-state index in [-0.39, 0.29) is 6.61 Å². The Labute approximate surface area is 121 Å². The minimum Gasteiger partial charge on any atom is -0.491 e. The predicted octanol–water partition coefficient (Wildman–Crippen LogP) is 2.86. The number of ether oxygens (including phenoxy) is 2. The maximum atomic E-state index is 8.61. The van der Waals surface area contributed by atoms with E-state index < -0.39 is 0 Å². The van der Waals surface area contributed by atoms with Gasteiger partial charge in [-0.3, -0.25) is 0 Å². The molecule has 0 saturated heterocycles. The lowest BCUT2D eigenvalue weighted by Crippen LogP contribution is -2.11. The van der Waals surface area contributed by atoms with Gasteiger partial charge in [0.05, 0.1) is 6.61 Å². The predicted molar refractivity (Wildman–Crippen MR) is 80.8 cm³/mol. The summed E-state index contributed by atoms with van der Waals surface area (Å²) in [6, 6.07) is 7.51. The average Bonchev–Trinajstić information content (AvgIpc) is 2.46. The largest absolute Gasteiger partial charge is 0.491 e.